The lowest BCUT2D eigenvalue weighted by Gasteiger charge is -2.05. The molecule has 2 aromatic rings. The van der Waals surface area contributed by atoms with Gasteiger partial charge in [0.25, 0.3) is 0 Å². The predicted molar refractivity (Wildman–Crippen MR) is 69.2 cm³/mol. The van der Waals surface area contributed by atoms with Crippen LogP contribution in [0.4, 0.5) is 5.82 Å². The number of rotatable bonds is 6. The Morgan fingerprint density at radius 2 is 2.32 bits per heavy atom. The van der Waals surface area contributed by atoms with E-state index in [4.69, 9.17) is 27.2 Å². The summed E-state index contributed by atoms with van der Waals surface area (Å²) in [6.07, 6.45) is 1.42. The summed E-state index contributed by atoms with van der Waals surface area (Å²) in [5, 5.41) is 21.4. The zero-order valence-electron chi connectivity index (χ0n) is 9.94. The monoisotopic (exact) mass is 284 g/mol. The summed E-state index contributed by atoms with van der Waals surface area (Å²) in [6, 6.07) is 1.66. The van der Waals surface area contributed by atoms with Gasteiger partial charge in [-0.05, 0) is 10.3 Å². The van der Waals surface area contributed by atoms with Crippen molar-refractivity contribution >= 4 is 23.3 Å². The van der Waals surface area contributed by atoms with Gasteiger partial charge in [-0.3, -0.25) is 5.41 Å². The SMILES string of the molecule is N=C(NCc1cc(Cl)co1)c1nonc1NCCN. The lowest BCUT2D eigenvalue weighted by atomic mass is 10.3. The number of nitrogens with one attached hydrogen (secondary N) is 3. The topological polar surface area (TPSA) is 126 Å². The van der Waals surface area contributed by atoms with Crippen LogP contribution < -0.4 is 16.4 Å². The lowest BCUT2D eigenvalue weighted by molar-refractivity contribution is 0.307. The van der Waals surface area contributed by atoms with Crippen LogP contribution >= 0.6 is 11.6 Å². The van der Waals surface area contributed by atoms with E-state index in [0.29, 0.717) is 36.2 Å². The number of hydrogen-bond donors (Lipinski definition) is 4. The minimum absolute atomic E-state index is 0.0632. The zero-order valence-corrected chi connectivity index (χ0v) is 10.7. The van der Waals surface area contributed by atoms with Gasteiger partial charge in [-0.15, -0.1) is 0 Å². The Morgan fingerprint density at radius 3 is 3.00 bits per heavy atom. The molecule has 0 saturated heterocycles. The molecule has 0 saturated carbocycles. The van der Waals surface area contributed by atoms with Crippen LogP contribution in [0.25, 0.3) is 0 Å². The molecule has 0 atom stereocenters. The van der Waals surface area contributed by atoms with Crippen molar-refractivity contribution in [2.24, 2.45) is 5.73 Å². The lowest BCUT2D eigenvalue weighted by Crippen LogP contribution is -2.24. The van der Waals surface area contributed by atoms with Crippen molar-refractivity contribution in [3.8, 4) is 0 Å². The summed E-state index contributed by atoms with van der Waals surface area (Å²) in [5.74, 6) is 1.05. The van der Waals surface area contributed by atoms with Crippen LogP contribution in [0.1, 0.15) is 11.5 Å². The Kier molecular flexibility index (Phi) is 4.37. The first-order chi connectivity index (χ1) is 9.20. The first-order valence-electron chi connectivity index (χ1n) is 5.53. The third-order valence-corrected chi connectivity index (χ3v) is 2.42. The Morgan fingerprint density at radius 1 is 1.47 bits per heavy atom. The molecular weight excluding hydrogens is 272 g/mol. The van der Waals surface area contributed by atoms with Gasteiger partial charge in [-0.2, -0.15) is 0 Å². The third-order valence-electron chi connectivity index (χ3n) is 2.22. The predicted octanol–water partition coefficient (Wildman–Crippen LogP) is 0.802. The highest BCUT2D eigenvalue weighted by molar-refractivity contribution is 6.30. The van der Waals surface area contributed by atoms with E-state index in [9.17, 15) is 0 Å². The molecule has 2 aromatic heterocycles. The van der Waals surface area contributed by atoms with Crippen molar-refractivity contribution in [1.82, 2.24) is 15.6 Å². The van der Waals surface area contributed by atoms with Gasteiger partial charge >= 0.3 is 0 Å². The van der Waals surface area contributed by atoms with Crippen molar-refractivity contribution in [3.63, 3.8) is 0 Å². The van der Waals surface area contributed by atoms with Crippen LogP contribution in [0.15, 0.2) is 21.4 Å². The number of anilines is 1. The quantitative estimate of drug-likeness (QED) is 0.456. The first-order valence-corrected chi connectivity index (χ1v) is 5.90. The molecule has 0 aliphatic heterocycles. The van der Waals surface area contributed by atoms with Crippen LogP contribution in [0.2, 0.25) is 5.02 Å². The van der Waals surface area contributed by atoms with E-state index in [-0.39, 0.29) is 11.5 Å². The minimum atomic E-state index is 0.0632. The summed E-state index contributed by atoms with van der Waals surface area (Å²) in [5.41, 5.74) is 5.66. The number of furan rings is 1. The molecule has 102 valence electrons. The molecule has 9 heteroatoms. The van der Waals surface area contributed by atoms with Gasteiger partial charge in [0, 0.05) is 19.2 Å². The molecule has 0 fully saturated rings. The van der Waals surface area contributed by atoms with Crippen LogP contribution in [0, 0.1) is 5.41 Å². The Balaban J connectivity index is 1.94. The van der Waals surface area contributed by atoms with E-state index in [1.165, 1.54) is 6.26 Å². The molecule has 5 N–H and O–H groups in total. The molecule has 19 heavy (non-hydrogen) atoms. The maximum absolute atomic E-state index is 7.86. The van der Waals surface area contributed by atoms with E-state index >= 15 is 0 Å². The summed E-state index contributed by atoms with van der Waals surface area (Å²) < 4.78 is 9.74. The summed E-state index contributed by atoms with van der Waals surface area (Å²) >= 11 is 5.72. The molecule has 0 bridgehead atoms. The number of halogens is 1. The molecule has 0 aromatic carbocycles. The summed E-state index contributed by atoms with van der Waals surface area (Å²) in [4.78, 5) is 0. The largest absolute Gasteiger partial charge is 0.466 e. The third kappa shape index (κ3) is 3.46. The molecule has 0 amide bonds. The maximum atomic E-state index is 7.86. The van der Waals surface area contributed by atoms with Crippen LogP contribution in [0.5, 0.6) is 0 Å². The Hall–Kier alpha value is -2.06. The summed E-state index contributed by atoms with van der Waals surface area (Å²) in [6.45, 7) is 1.27. The van der Waals surface area contributed by atoms with Crippen molar-refractivity contribution in [2.75, 3.05) is 18.4 Å². The van der Waals surface area contributed by atoms with Gasteiger partial charge in [0.05, 0.1) is 11.6 Å². The van der Waals surface area contributed by atoms with E-state index in [0.717, 1.165) is 0 Å². The first kappa shape index (κ1) is 13.4. The van der Waals surface area contributed by atoms with E-state index in [1.807, 2.05) is 0 Å². The van der Waals surface area contributed by atoms with Crippen molar-refractivity contribution < 1.29 is 9.05 Å². The summed E-state index contributed by atoms with van der Waals surface area (Å²) in [7, 11) is 0. The number of nitrogens with two attached hydrogens (primary N) is 1. The molecule has 0 spiro atoms. The van der Waals surface area contributed by atoms with Gasteiger partial charge in [-0.1, -0.05) is 11.6 Å². The Labute approximate surface area is 113 Å². The standard InChI is InChI=1S/C10H13ClN6O2/c11-6-3-7(18-5-6)4-15-9(13)8-10(14-2-1-12)17-19-16-8/h3,5H,1-2,4,12H2,(H2,13,15)(H,14,17). The highest BCUT2D eigenvalue weighted by atomic mass is 35.5. The smallest absolute Gasteiger partial charge is 0.202 e. The van der Waals surface area contributed by atoms with Crippen molar-refractivity contribution in [3.05, 3.63) is 28.8 Å². The number of aromatic nitrogens is 2. The zero-order chi connectivity index (χ0) is 13.7. The molecule has 2 rings (SSSR count). The van der Waals surface area contributed by atoms with Gasteiger partial charge in [-0.25, -0.2) is 4.63 Å². The molecule has 0 aliphatic rings. The van der Waals surface area contributed by atoms with E-state index < -0.39 is 0 Å². The van der Waals surface area contributed by atoms with Gasteiger partial charge in [0.1, 0.15) is 12.0 Å². The van der Waals surface area contributed by atoms with E-state index in [1.54, 1.807) is 6.07 Å². The average molecular weight is 285 g/mol. The second-order valence-corrected chi connectivity index (χ2v) is 4.07. The molecule has 0 radical (unpaired) electrons. The van der Waals surface area contributed by atoms with Gasteiger partial charge in [0.2, 0.25) is 5.82 Å². The van der Waals surface area contributed by atoms with Gasteiger partial charge < -0.3 is 20.8 Å². The second-order valence-electron chi connectivity index (χ2n) is 3.64. The fourth-order valence-electron chi connectivity index (χ4n) is 1.36. The van der Waals surface area contributed by atoms with E-state index in [2.05, 4.69) is 25.6 Å². The molecule has 0 unspecified atom stereocenters. The van der Waals surface area contributed by atoms with Crippen LogP contribution in [-0.2, 0) is 6.54 Å². The minimum Gasteiger partial charge on any atom is -0.466 e. The Bertz CT molecular complexity index is 552. The number of amidine groups is 1. The normalized spacial score (nSPS) is 10.4. The van der Waals surface area contributed by atoms with Gasteiger partial charge in [0.15, 0.2) is 11.5 Å². The highest BCUT2D eigenvalue weighted by Crippen LogP contribution is 2.13. The van der Waals surface area contributed by atoms with Crippen LogP contribution in [-0.4, -0.2) is 29.2 Å². The molecule has 2 heterocycles. The fraction of sp³-hybridized carbons (Fsp3) is 0.300. The fourth-order valence-corrected chi connectivity index (χ4v) is 1.53. The molecular formula is C10H13ClN6O2. The second kappa shape index (κ2) is 6.21. The maximum Gasteiger partial charge on any atom is 0.202 e. The number of nitrogens with zero attached hydrogens (tertiary/aromatic N) is 2. The van der Waals surface area contributed by atoms with Crippen molar-refractivity contribution in [2.45, 2.75) is 6.54 Å². The molecule has 8 nitrogen and oxygen atoms in total. The average Bonchev–Trinajstić information content (AvgIpc) is 3.02. The van der Waals surface area contributed by atoms with Crippen LogP contribution in [0.3, 0.4) is 0 Å². The van der Waals surface area contributed by atoms with Crippen molar-refractivity contribution in [1.29, 1.82) is 5.41 Å². The molecule has 0 aliphatic carbocycles. The number of hydrogen-bond acceptors (Lipinski definition) is 7. The highest BCUT2D eigenvalue weighted by Gasteiger charge is 2.14.